The highest BCUT2D eigenvalue weighted by Crippen LogP contribution is 2.40. The Morgan fingerprint density at radius 3 is 1.62 bits per heavy atom. The van der Waals surface area contributed by atoms with Crippen LogP contribution in [0.2, 0.25) is 10.3 Å². The summed E-state index contributed by atoms with van der Waals surface area (Å²) >= 11 is 13.6. The summed E-state index contributed by atoms with van der Waals surface area (Å²) in [6.07, 6.45) is 4.77. The van der Waals surface area contributed by atoms with Gasteiger partial charge in [0.2, 0.25) is 11.8 Å². The minimum Gasteiger partial charge on any atom is -0.453 e. The zero-order valence-electron chi connectivity index (χ0n) is 35.7. The van der Waals surface area contributed by atoms with Gasteiger partial charge in [-0.15, -0.1) is 0 Å². The fourth-order valence-corrected chi connectivity index (χ4v) is 10.0. The summed E-state index contributed by atoms with van der Waals surface area (Å²) in [6.45, 7) is 4.57. The second kappa shape index (κ2) is 19.7. The smallest absolute Gasteiger partial charge is 0.407 e. The summed E-state index contributed by atoms with van der Waals surface area (Å²) in [5.74, 6) is 0.462. The lowest BCUT2D eigenvalue weighted by molar-refractivity contribution is -0.139. The van der Waals surface area contributed by atoms with Gasteiger partial charge in [-0.1, -0.05) is 71.7 Å². The summed E-state index contributed by atoms with van der Waals surface area (Å²) < 4.78 is 21.1. The number of hydrogen-bond acceptors (Lipinski definition) is 10. The molecular weight excluding hydrogens is 851 g/mol. The number of benzene rings is 2. The average Bonchev–Trinajstić information content (AvgIpc) is 4.13. The fraction of sp³-hybridized carbons (Fsp3) is 0.511. The number of alkyl carbamates (subject to hydrolysis) is 2. The normalized spacial score (nSPS) is 23.5. The molecule has 4 aromatic rings. The van der Waals surface area contributed by atoms with Crippen molar-refractivity contribution in [1.29, 1.82) is 0 Å². The molecule has 8 rings (SSSR count). The zero-order chi connectivity index (χ0) is 44.2. The third-order valence-corrected chi connectivity index (χ3v) is 13.4. The van der Waals surface area contributed by atoms with Gasteiger partial charge in [0.15, 0.2) is 0 Å². The van der Waals surface area contributed by atoms with Crippen LogP contribution in [0.5, 0.6) is 0 Å². The first-order valence-electron chi connectivity index (χ1n) is 21.7. The van der Waals surface area contributed by atoms with Crippen LogP contribution in [0.25, 0.3) is 33.6 Å². The van der Waals surface area contributed by atoms with Crippen molar-refractivity contribution in [3.8, 4) is 33.6 Å². The second-order valence-corrected chi connectivity index (χ2v) is 17.5. The fourth-order valence-electron chi connectivity index (χ4n) is 9.55. The van der Waals surface area contributed by atoms with Gasteiger partial charge in [-0.05, 0) is 69.4 Å². The molecule has 4 fully saturated rings. The lowest BCUT2D eigenvalue weighted by atomic mass is 9.92. The maximum Gasteiger partial charge on any atom is 0.407 e. The Morgan fingerprint density at radius 2 is 1.14 bits per heavy atom. The first kappa shape index (κ1) is 44.4. The van der Waals surface area contributed by atoms with Gasteiger partial charge in [-0.3, -0.25) is 9.59 Å². The molecule has 4 amide bonds. The third kappa shape index (κ3) is 9.54. The van der Waals surface area contributed by atoms with Gasteiger partial charge in [0, 0.05) is 48.8 Å². The van der Waals surface area contributed by atoms with Crippen LogP contribution in [0.4, 0.5) is 9.59 Å². The second-order valence-electron chi connectivity index (χ2n) is 16.8. The number of carbonyl (C=O) groups excluding carboxylic acids is 4. The maximum atomic E-state index is 14.2. The number of amides is 4. The molecule has 4 aliphatic heterocycles. The standard InChI is InChI=1S/C45H54Cl2N8O8/c1-25-10-19-33(55(25)43(57)37(51-45(59)61-3)31-8-6-22-63-24-31)41-49-35(39(47)53-41)29-17-13-27(14-18-29)26-11-15-28(16-12-26)34-38(46)52-40(48-34)32-9-4-20-54(32)42(56)36(50-44(58)60-2)30-7-5-21-62-23-30/h11-18,25,30-33,36-37H,4-10,19-24H2,1-3H3,(H,48,52)(H,49,53)(H,50,58)(H,51,59)/t25-,30?,31?,32?,33?,36?,37?/m1/s1. The van der Waals surface area contributed by atoms with Crippen molar-refractivity contribution >= 4 is 47.2 Å². The molecule has 63 heavy (non-hydrogen) atoms. The van der Waals surface area contributed by atoms with Crippen molar-refractivity contribution in [3.63, 3.8) is 0 Å². The number of aromatic nitrogens is 4. The number of rotatable bonds is 11. The van der Waals surface area contributed by atoms with Crippen molar-refractivity contribution in [3.05, 3.63) is 70.5 Å². The van der Waals surface area contributed by atoms with E-state index in [4.69, 9.17) is 52.1 Å². The predicted octanol–water partition coefficient (Wildman–Crippen LogP) is 7.46. The van der Waals surface area contributed by atoms with Crippen LogP contribution in [-0.4, -0.2) is 119 Å². The van der Waals surface area contributed by atoms with E-state index in [1.54, 1.807) is 4.90 Å². The molecule has 0 saturated carbocycles. The molecule has 0 spiro atoms. The van der Waals surface area contributed by atoms with Crippen LogP contribution < -0.4 is 10.6 Å². The molecule has 16 nitrogen and oxygen atoms in total. The number of methoxy groups -OCH3 is 2. The lowest BCUT2D eigenvalue weighted by Crippen LogP contribution is -2.55. The van der Waals surface area contributed by atoms with Gasteiger partial charge in [0.05, 0.1) is 39.5 Å². The van der Waals surface area contributed by atoms with Crippen LogP contribution in [0, 0.1) is 11.8 Å². The SMILES string of the molecule is COC(=O)NC(C(=O)N1CCCC1c1nc(-c2ccc(-c3ccc(-c4nc(C5CC[C@@H](C)N5C(=O)C(NC(=O)OC)C5CCCOC5)[nH]c4Cl)cc3)cc2)c(Cl)[nH]1)C1CCCOC1. The van der Waals surface area contributed by atoms with Crippen molar-refractivity contribution in [2.24, 2.45) is 11.8 Å². The van der Waals surface area contributed by atoms with Crippen LogP contribution in [0.15, 0.2) is 48.5 Å². The molecular formula is C45H54Cl2N8O8. The van der Waals surface area contributed by atoms with E-state index >= 15 is 0 Å². The molecule has 6 unspecified atom stereocenters. The molecule has 18 heteroatoms. The Bertz CT molecular complexity index is 2260. The Hall–Kier alpha value is -5.16. The highest BCUT2D eigenvalue weighted by molar-refractivity contribution is 6.32. The van der Waals surface area contributed by atoms with Crippen LogP contribution in [-0.2, 0) is 28.5 Å². The minimum atomic E-state index is -0.791. The number of H-pyrrole nitrogens is 2. The van der Waals surface area contributed by atoms with E-state index in [9.17, 15) is 19.2 Å². The number of likely N-dealkylation sites (tertiary alicyclic amines) is 2. The zero-order valence-corrected chi connectivity index (χ0v) is 37.2. The highest BCUT2D eigenvalue weighted by Gasteiger charge is 2.44. The molecule has 7 atom stereocenters. The van der Waals surface area contributed by atoms with E-state index in [0.29, 0.717) is 79.2 Å². The van der Waals surface area contributed by atoms with Gasteiger partial charge < -0.3 is 49.3 Å². The largest absolute Gasteiger partial charge is 0.453 e. The summed E-state index contributed by atoms with van der Waals surface area (Å²) in [6, 6.07) is 13.5. The summed E-state index contributed by atoms with van der Waals surface area (Å²) in [4.78, 5) is 72.8. The molecule has 0 bridgehead atoms. The van der Waals surface area contributed by atoms with Gasteiger partial charge >= 0.3 is 12.2 Å². The average molecular weight is 906 g/mol. The summed E-state index contributed by atoms with van der Waals surface area (Å²) in [7, 11) is 2.57. The number of nitrogens with zero attached hydrogens (tertiary/aromatic N) is 4. The monoisotopic (exact) mass is 904 g/mol. The number of carbonyl (C=O) groups is 4. The van der Waals surface area contributed by atoms with E-state index in [1.165, 1.54) is 14.2 Å². The van der Waals surface area contributed by atoms with Gasteiger partial charge in [-0.25, -0.2) is 19.6 Å². The summed E-state index contributed by atoms with van der Waals surface area (Å²) in [5, 5.41) is 6.30. The third-order valence-electron chi connectivity index (χ3n) is 12.9. The van der Waals surface area contributed by atoms with Gasteiger partial charge in [0.25, 0.3) is 0 Å². The molecule has 336 valence electrons. The molecule has 2 aromatic carbocycles. The van der Waals surface area contributed by atoms with Gasteiger partial charge in [0.1, 0.15) is 45.4 Å². The highest BCUT2D eigenvalue weighted by atomic mass is 35.5. The number of nitrogens with one attached hydrogen (secondary N) is 4. The Morgan fingerprint density at radius 1 is 0.667 bits per heavy atom. The Balaban J connectivity index is 0.952. The molecule has 0 aliphatic carbocycles. The number of aromatic amines is 2. The van der Waals surface area contributed by atoms with E-state index < -0.39 is 24.3 Å². The van der Waals surface area contributed by atoms with E-state index in [-0.39, 0.29) is 41.8 Å². The van der Waals surface area contributed by atoms with E-state index in [0.717, 1.165) is 60.8 Å². The van der Waals surface area contributed by atoms with Crippen LogP contribution in [0.1, 0.15) is 82.0 Å². The number of ether oxygens (including phenoxy) is 4. The van der Waals surface area contributed by atoms with Crippen molar-refractivity contribution < 1.29 is 38.1 Å². The lowest BCUT2D eigenvalue weighted by Gasteiger charge is -2.36. The van der Waals surface area contributed by atoms with Crippen LogP contribution in [0.3, 0.4) is 0 Å². The van der Waals surface area contributed by atoms with Crippen molar-refractivity contribution in [1.82, 2.24) is 40.4 Å². The summed E-state index contributed by atoms with van der Waals surface area (Å²) in [5.41, 5.74) is 4.73. The molecule has 4 saturated heterocycles. The topological polar surface area (TPSA) is 193 Å². The first-order valence-corrected chi connectivity index (χ1v) is 22.5. The Labute approximate surface area is 376 Å². The molecule has 0 radical (unpaired) electrons. The van der Waals surface area contributed by atoms with Crippen LogP contribution >= 0.6 is 23.2 Å². The van der Waals surface area contributed by atoms with Crippen molar-refractivity contribution in [2.75, 3.05) is 47.2 Å². The molecule has 4 N–H and O–H groups in total. The number of hydrogen-bond donors (Lipinski definition) is 4. The Kier molecular flexibility index (Phi) is 13.9. The quantitative estimate of drug-likeness (QED) is 0.117. The number of imidazole rings is 2. The maximum absolute atomic E-state index is 14.2. The molecule has 4 aliphatic rings. The van der Waals surface area contributed by atoms with Gasteiger partial charge in [-0.2, -0.15) is 0 Å². The van der Waals surface area contributed by atoms with E-state index in [2.05, 4.69) is 20.6 Å². The molecule has 6 heterocycles. The van der Waals surface area contributed by atoms with Crippen molar-refractivity contribution in [2.45, 2.75) is 88.5 Å². The predicted molar refractivity (Wildman–Crippen MR) is 235 cm³/mol. The molecule has 2 aromatic heterocycles. The van der Waals surface area contributed by atoms with E-state index in [1.807, 2.05) is 60.4 Å². The minimum absolute atomic E-state index is 0.0791. The first-order chi connectivity index (χ1) is 30.5. The number of halogens is 2.